The van der Waals surface area contributed by atoms with Gasteiger partial charge in [0.05, 0.1) is 17.7 Å². The average Bonchev–Trinajstić information content (AvgIpc) is 2.62. The lowest BCUT2D eigenvalue weighted by Gasteiger charge is -2.11. The maximum Gasteiger partial charge on any atom is 0.337 e. The van der Waals surface area contributed by atoms with Crippen molar-refractivity contribution in [2.24, 2.45) is 0 Å². The fourth-order valence-electron chi connectivity index (χ4n) is 2.16. The molecule has 2 aromatic rings. The molecule has 2 N–H and O–H groups in total. The smallest absolute Gasteiger partial charge is 0.337 e. The van der Waals surface area contributed by atoms with Gasteiger partial charge in [0.2, 0.25) is 10.0 Å². The zero-order valence-corrected chi connectivity index (χ0v) is 15.9. The predicted octanol–water partition coefficient (Wildman–Crippen LogP) is 2.60. The second-order valence-electron chi connectivity index (χ2n) is 5.33. The number of carbonyl (C=O) groups excluding carboxylic acids is 2. The molecule has 0 aliphatic heterocycles. The molecule has 0 spiro atoms. The molecule has 0 radical (unpaired) electrons. The van der Waals surface area contributed by atoms with Crippen molar-refractivity contribution in [3.05, 3.63) is 58.1 Å². The maximum atomic E-state index is 12.5. The largest absolute Gasteiger partial charge is 0.465 e. The Balaban J connectivity index is 2.37. The molecule has 0 aliphatic carbocycles. The molecular weight excluding hydrogens is 380 g/mol. The molecule has 0 fully saturated rings. The summed E-state index contributed by atoms with van der Waals surface area (Å²) >= 11 is 5.92. The van der Waals surface area contributed by atoms with E-state index in [4.69, 9.17) is 11.6 Å². The third-order valence-corrected chi connectivity index (χ3v) is 5.55. The molecule has 0 bridgehead atoms. The molecule has 0 heterocycles. The average molecular weight is 397 g/mol. The Morgan fingerprint density at radius 2 is 1.73 bits per heavy atom. The number of aryl methyl sites for hydroxylation is 1. The quantitative estimate of drug-likeness (QED) is 0.756. The fourth-order valence-corrected chi connectivity index (χ4v) is 3.41. The van der Waals surface area contributed by atoms with Crippen LogP contribution in [-0.2, 0) is 14.8 Å². The van der Waals surface area contributed by atoms with Gasteiger partial charge in [-0.1, -0.05) is 17.7 Å². The van der Waals surface area contributed by atoms with E-state index in [2.05, 4.69) is 14.8 Å². The molecule has 2 aromatic carbocycles. The van der Waals surface area contributed by atoms with Crippen LogP contribution in [0.1, 0.15) is 26.3 Å². The zero-order valence-electron chi connectivity index (χ0n) is 14.3. The number of ether oxygens (including phenoxy) is 1. The highest BCUT2D eigenvalue weighted by molar-refractivity contribution is 7.89. The second kappa shape index (κ2) is 7.86. The summed E-state index contributed by atoms with van der Waals surface area (Å²) in [5, 5.41) is 2.66. The minimum Gasteiger partial charge on any atom is -0.465 e. The first-order valence-corrected chi connectivity index (χ1v) is 9.29. The van der Waals surface area contributed by atoms with E-state index in [0.717, 1.165) is 5.56 Å². The number of anilines is 1. The molecule has 0 unspecified atom stereocenters. The van der Waals surface area contributed by atoms with E-state index in [0.29, 0.717) is 5.69 Å². The van der Waals surface area contributed by atoms with Gasteiger partial charge in [-0.2, -0.15) is 0 Å². The number of amides is 1. The minimum absolute atomic E-state index is 0.000214. The van der Waals surface area contributed by atoms with Gasteiger partial charge >= 0.3 is 5.97 Å². The van der Waals surface area contributed by atoms with Gasteiger partial charge in [0.15, 0.2) is 0 Å². The van der Waals surface area contributed by atoms with E-state index in [1.165, 1.54) is 38.4 Å². The van der Waals surface area contributed by atoms with Gasteiger partial charge in [0.1, 0.15) is 4.90 Å². The van der Waals surface area contributed by atoms with Crippen LogP contribution in [-0.4, -0.2) is 34.5 Å². The number of hydrogen-bond acceptors (Lipinski definition) is 5. The maximum absolute atomic E-state index is 12.5. The lowest BCUT2D eigenvalue weighted by Crippen LogP contribution is -2.20. The van der Waals surface area contributed by atoms with Crippen LogP contribution >= 0.6 is 11.6 Å². The predicted molar refractivity (Wildman–Crippen MR) is 98.2 cm³/mol. The molecule has 0 aromatic heterocycles. The van der Waals surface area contributed by atoms with E-state index in [1.807, 2.05) is 0 Å². The van der Waals surface area contributed by atoms with Gasteiger partial charge in [-0.05, 0) is 49.9 Å². The van der Waals surface area contributed by atoms with Gasteiger partial charge in [0.25, 0.3) is 5.91 Å². The molecule has 1 amide bonds. The van der Waals surface area contributed by atoms with Gasteiger partial charge in [-0.25, -0.2) is 17.9 Å². The number of rotatable bonds is 5. The Hall–Kier alpha value is -2.42. The van der Waals surface area contributed by atoms with Crippen LogP contribution in [0.25, 0.3) is 0 Å². The van der Waals surface area contributed by atoms with E-state index >= 15 is 0 Å². The number of carbonyl (C=O) groups is 2. The second-order valence-corrected chi connectivity index (χ2v) is 7.59. The van der Waals surface area contributed by atoms with Crippen LogP contribution in [0.15, 0.2) is 41.3 Å². The van der Waals surface area contributed by atoms with Crippen LogP contribution in [0.5, 0.6) is 0 Å². The molecule has 0 atom stereocenters. The highest BCUT2D eigenvalue weighted by Gasteiger charge is 2.19. The van der Waals surface area contributed by atoms with Crippen molar-refractivity contribution >= 4 is 39.2 Å². The van der Waals surface area contributed by atoms with Crippen molar-refractivity contribution < 1.29 is 22.7 Å². The first-order valence-electron chi connectivity index (χ1n) is 7.43. The molecule has 2 rings (SSSR count). The SMILES string of the molecule is CNS(=O)(=O)c1cc(C(=O)Nc2cc(C(=O)OC)ccc2C)ccc1Cl. The number of methoxy groups -OCH3 is 1. The van der Waals surface area contributed by atoms with Crippen molar-refractivity contribution in [2.45, 2.75) is 11.8 Å². The molecule has 0 aliphatic rings. The third-order valence-electron chi connectivity index (χ3n) is 3.66. The summed E-state index contributed by atoms with van der Waals surface area (Å²) in [6.07, 6.45) is 0. The summed E-state index contributed by atoms with van der Waals surface area (Å²) < 4.78 is 30.8. The number of esters is 1. The minimum atomic E-state index is -3.81. The lowest BCUT2D eigenvalue weighted by atomic mass is 10.1. The van der Waals surface area contributed by atoms with Gasteiger partial charge in [0, 0.05) is 11.3 Å². The Kier molecular flexibility index (Phi) is 6.01. The van der Waals surface area contributed by atoms with Crippen LogP contribution in [0, 0.1) is 6.92 Å². The number of hydrogen-bond donors (Lipinski definition) is 2. The summed E-state index contributed by atoms with van der Waals surface area (Å²) in [5.41, 5.74) is 1.52. The highest BCUT2D eigenvalue weighted by atomic mass is 35.5. The number of benzene rings is 2. The van der Waals surface area contributed by atoms with E-state index in [9.17, 15) is 18.0 Å². The molecule has 7 nitrogen and oxygen atoms in total. The summed E-state index contributed by atoms with van der Waals surface area (Å²) in [6, 6.07) is 8.66. The number of nitrogens with one attached hydrogen (secondary N) is 2. The van der Waals surface area contributed by atoms with Crippen LogP contribution in [0.4, 0.5) is 5.69 Å². The highest BCUT2D eigenvalue weighted by Crippen LogP contribution is 2.24. The normalized spacial score (nSPS) is 11.1. The first kappa shape index (κ1) is 19.9. The fraction of sp³-hybridized carbons (Fsp3) is 0.176. The Morgan fingerprint density at radius 1 is 1.08 bits per heavy atom. The van der Waals surface area contributed by atoms with Crippen LogP contribution in [0.2, 0.25) is 5.02 Å². The van der Waals surface area contributed by atoms with Gasteiger partial charge in [-0.3, -0.25) is 4.79 Å². The molecule has 0 saturated carbocycles. The van der Waals surface area contributed by atoms with Crippen molar-refractivity contribution in [1.82, 2.24) is 4.72 Å². The first-order chi connectivity index (χ1) is 12.2. The summed E-state index contributed by atoms with van der Waals surface area (Å²) in [4.78, 5) is 23.9. The van der Waals surface area contributed by atoms with E-state index in [1.54, 1.807) is 19.1 Å². The summed E-state index contributed by atoms with van der Waals surface area (Å²) in [6.45, 7) is 1.76. The zero-order chi connectivity index (χ0) is 19.5. The van der Waals surface area contributed by atoms with E-state index < -0.39 is 21.9 Å². The van der Waals surface area contributed by atoms with Crippen molar-refractivity contribution in [2.75, 3.05) is 19.5 Å². The Bertz CT molecular complexity index is 973. The van der Waals surface area contributed by atoms with Crippen molar-refractivity contribution in [1.29, 1.82) is 0 Å². The molecule has 9 heteroatoms. The van der Waals surface area contributed by atoms with E-state index in [-0.39, 0.29) is 21.0 Å². The van der Waals surface area contributed by atoms with Crippen LogP contribution < -0.4 is 10.0 Å². The van der Waals surface area contributed by atoms with Gasteiger partial charge < -0.3 is 10.1 Å². The molecular formula is C17H17ClN2O5S. The Morgan fingerprint density at radius 3 is 2.35 bits per heavy atom. The summed E-state index contributed by atoms with van der Waals surface area (Å²) in [7, 11) is -1.30. The van der Waals surface area contributed by atoms with Crippen molar-refractivity contribution in [3.63, 3.8) is 0 Å². The number of halogens is 1. The topological polar surface area (TPSA) is 102 Å². The monoisotopic (exact) mass is 396 g/mol. The standard InChI is InChI=1S/C17H17ClN2O5S/c1-10-4-5-12(17(22)25-3)8-14(10)20-16(21)11-6-7-13(18)15(9-11)26(23,24)19-2/h4-9,19H,1-3H3,(H,20,21). The molecule has 138 valence electrons. The molecule has 26 heavy (non-hydrogen) atoms. The number of sulfonamides is 1. The van der Waals surface area contributed by atoms with Crippen LogP contribution in [0.3, 0.4) is 0 Å². The third kappa shape index (κ3) is 4.21. The lowest BCUT2D eigenvalue weighted by molar-refractivity contribution is 0.0600. The van der Waals surface area contributed by atoms with Gasteiger partial charge in [-0.15, -0.1) is 0 Å². The molecule has 0 saturated heterocycles. The summed E-state index contributed by atoms with van der Waals surface area (Å²) in [5.74, 6) is -1.08. The Labute approximate surface area is 156 Å². The van der Waals surface area contributed by atoms with Crippen molar-refractivity contribution in [3.8, 4) is 0 Å².